The molecule has 0 radical (unpaired) electrons. The predicted molar refractivity (Wildman–Crippen MR) is 30.8 cm³/mol. The molecule has 0 saturated heterocycles. The van der Waals surface area contributed by atoms with Gasteiger partial charge in [0.05, 0.1) is 0 Å². The Morgan fingerprint density at radius 3 is 2.14 bits per heavy atom. The van der Waals surface area contributed by atoms with Crippen LogP contribution in [0.5, 0.6) is 5.75 Å². The molecule has 0 spiro atoms. The van der Waals surface area contributed by atoms with Gasteiger partial charge in [-0.15, -0.1) is 13.2 Å². The minimum atomic E-state index is -5.19. The summed E-state index contributed by atoms with van der Waals surface area (Å²) in [6.07, 6.45) is -5.19. The van der Waals surface area contributed by atoms with Gasteiger partial charge in [0.15, 0.2) is 11.6 Å². The Hall–Kier alpha value is -1.47. The lowest BCUT2D eigenvalue weighted by molar-refractivity contribution is -0.275. The van der Waals surface area contributed by atoms with Gasteiger partial charge < -0.3 is 4.74 Å². The number of hydrogen-bond acceptors (Lipinski definition) is 2. The third-order valence-electron chi connectivity index (χ3n) is 1.08. The van der Waals surface area contributed by atoms with Crippen molar-refractivity contribution in [1.82, 2.24) is 4.98 Å². The second-order valence-corrected chi connectivity index (χ2v) is 2.10. The van der Waals surface area contributed by atoms with Crippen LogP contribution in [0.1, 0.15) is 0 Å². The highest BCUT2D eigenvalue weighted by Crippen LogP contribution is 2.25. The van der Waals surface area contributed by atoms with Gasteiger partial charge in [-0.25, -0.2) is 4.39 Å². The van der Waals surface area contributed by atoms with E-state index >= 15 is 0 Å². The fourth-order valence-corrected chi connectivity index (χ4v) is 0.625. The SMILES string of the molecule is Fc1cc(OC(F)(F)F)c(F)nc1F. The molecule has 1 rings (SSSR count). The van der Waals surface area contributed by atoms with E-state index in [1.54, 1.807) is 0 Å². The van der Waals surface area contributed by atoms with E-state index in [9.17, 15) is 26.3 Å². The van der Waals surface area contributed by atoms with Crippen LogP contribution in [0.3, 0.4) is 0 Å². The minimum Gasteiger partial charge on any atom is -0.401 e. The van der Waals surface area contributed by atoms with Gasteiger partial charge in [-0.05, 0) is 0 Å². The van der Waals surface area contributed by atoms with Crippen molar-refractivity contribution in [3.63, 3.8) is 0 Å². The zero-order valence-corrected chi connectivity index (χ0v) is 6.20. The van der Waals surface area contributed by atoms with E-state index in [1.807, 2.05) is 0 Å². The smallest absolute Gasteiger partial charge is 0.401 e. The molecule has 0 fully saturated rings. The lowest BCUT2D eigenvalue weighted by atomic mass is 10.4. The molecule has 78 valence electrons. The zero-order chi connectivity index (χ0) is 10.9. The molecular weight excluding hydrogens is 216 g/mol. The molecule has 0 N–H and O–H groups in total. The van der Waals surface area contributed by atoms with E-state index in [-0.39, 0.29) is 6.07 Å². The van der Waals surface area contributed by atoms with Crippen LogP contribution in [-0.2, 0) is 0 Å². The van der Waals surface area contributed by atoms with Crippen molar-refractivity contribution in [3.05, 3.63) is 23.8 Å². The molecule has 0 atom stereocenters. The molecule has 1 heterocycles. The Bertz CT molecular complexity index is 349. The first-order valence-electron chi connectivity index (χ1n) is 3.07. The van der Waals surface area contributed by atoms with Gasteiger partial charge in [0.2, 0.25) is 0 Å². The Morgan fingerprint density at radius 2 is 1.64 bits per heavy atom. The Kier molecular flexibility index (Phi) is 2.54. The normalized spacial score (nSPS) is 11.6. The summed E-state index contributed by atoms with van der Waals surface area (Å²) in [5.74, 6) is -6.96. The standard InChI is InChI=1S/C6HF6NO/c7-2-1-3(14-6(10,11)12)5(9)13-4(2)8/h1H. The monoisotopic (exact) mass is 217 g/mol. The molecule has 0 amide bonds. The molecule has 14 heavy (non-hydrogen) atoms. The van der Waals surface area contributed by atoms with E-state index in [1.165, 1.54) is 0 Å². The van der Waals surface area contributed by atoms with Crippen molar-refractivity contribution < 1.29 is 31.1 Å². The highest BCUT2D eigenvalue weighted by Gasteiger charge is 2.33. The second kappa shape index (κ2) is 3.35. The van der Waals surface area contributed by atoms with Crippen molar-refractivity contribution in [3.8, 4) is 5.75 Å². The van der Waals surface area contributed by atoms with E-state index in [4.69, 9.17) is 0 Å². The number of aromatic nitrogens is 1. The Labute approximate surface area is 73.1 Å². The summed E-state index contributed by atoms with van der Waals surface area (Å²) < 4.78 is 74.4. The molecule has 0 aliphatic rings. The summed E-state index contributed by atoms with van der Waals surface area (Å²) in [5.41, 5.74) is 0. The van der Waals surface area contributed by atoms with Crippen LogP contribution in [0.4, 0.5) is 26.3 Å². The highest BCUT2D eigenvalue weighted by atomic mass is 19.4. The van der Waals surface area contributed by atoms with E-state index < -0.39 is 29.8 Å². The molecule has 2 nitrogen and oxygen atoms in total. The number of pyridine rings is 1. The number of hydrogen-bond donors (Lipinski definition) is 0. The van der Waals surface area contributed by atoms with Gasteiger partial charge >= 0.3 is 6.36 Å². The lowest BCUT2D eigenvalue weighted by Crippen LogP contribution is -2.18. The van der Waals surface area contributed by atoms with E-state index in [0.717, 1.165) is 0 Å². The zero-order valence-electron chi connectivity index (χ0n) is 6.20. The molecule has 1 aromatic heterocycles. The first-order chi connectivity index (χ1) is 6.29. The van der Waals surface area contributed by atoms with Crippen LogP contribution in [0.2, 0.25) is 0 Å². The molecule has 0 aliphatic carbocycles. The average molecular weight is 217 g/mol. The number of alkyl halides is 3. The number of halogens is 6. The maximum Gasteiger partial charge on any atom is 0.573 e. The number of ether oxygens (including phenoxy) is 1. The molecular formula is C6HF6NO. The first-order valence-corrected chi connectivity index (χ1v) is 3.07. The molecule has 1 aromatic rings. The third kappa shape index (κ3) is 2.51. The predicted octanol–water partition coefficient (Wildman–Crippen LogP) is 2.40. The van der Waals surface area contributed by atoms with Crippen molar-refractivity contribution in [1.29, 1.82) is 0 Å². The topological polar surface area (TPSA) is 22.1 Å². The van der Waals surface area contributed by atoms with Crippen molar-refractivity contribution in [2.24, 2.45) is 0 Å². The highest BCUT2D eigenvalue weighted by molar-refractivity contribution is 5.20. The van der Waals surface area contributed by atoms with Crippen molar-refractivity contribution >= 4 is 0 Å². The number of nitrogens with zero attached hydrogens (tertiary/aromatic N) is 1. The van der Waals surface area contributed by atoms with Gasteiger partial charge in [0.1, 0.15) is 0 Å². The van der Waals surface area contributed by atoms with Crippen LogP contribution < -0.4 is 4.74 Å². The van der Waals surface area contributed by atoms with Crippen LogP contribution >= 0.6 is 0 Å². The van der Waals surface area contributed by atoms with E-state index in [0.29, 0.717) is 0 Å². The summed E-state index contributed by atoms with van der Waals surface area (Å²) in [4.78, 5) is 2.22. The largest absolute Gasteiger partial charge is 0.573 e. The molecule has 0 aliphatic heterocycles. The van der Waals surface area contributed by atoms with Gasteiger partial charge in [0.25, 0.3) is 11.9 Å². The maximum atomic E-state index is 12.4. The van der Waals surface area contributed by atoms with E-state index in [2.05, 4.69) is 9.72 Å². The van der Waals surface area contributed by atoms with Gasteiger partial charge in [0, 0.05) is 6.07 Å². The average Bonchev–Trinajstić information content (AvgIpc) is 1.97. The Morgan fingerprint density at radius 1 is 1.07 bits per heavy atom. The second-order valence-electron chi connectivity index (χ2n) is 2.10. The fraction of sp³-hybridized carbons (Fsp3) is 0.167. The van der Waals surface area contributed by atoms with Crippen molar-refractivity contribution in [2.45, 2.75) is 6.36 Å². The fourth-order valence-electron chi connectivity index (χ4n) is 0.625. The van der Waals surface area contributed by atoms with Crippen LogP contribution in [0, 0.1) is 17.7 Å². The minimum absolute atomic E-state index is 0.0782. The van der Waals surface area contributed by atoms with Gasteiger partial charge in [-0.1, -0.05) is 0 Å². The summed E-state index contributed by atoms with van der Waals surface area (Å²) in [6, 6.07) is -0.0782. The van der Waals surface area contributed by atoms with Crippen LogP contribution in [0.15, 0.2) is 6.07 Å². The molecule has 8 heteroatoms. The molecule has 0 aromatic carbocycles. The molecule has 0 bridgehead atoms. The van der Waals surface area contributed by atoms with Crippen LogP contribution in [-0.4, -0.2) is 11.3 Å². The summed E-state index contributed by atoms with van der Waals surface area (Å²) in [6.45, 7) is 0. The third-order valence-corrected chi connectivity index (χ3v) is 1.08. The van der Waals surface area contributed by atoms with Crippen molar-refractivity contribution in [2.75, 3.05) is 0 Å². The summed E-state index contributed by atoms with van der Waals surface area (Å²) in [5, 5.41) is 0. The summed E-state index contributed by atoms with van der Waals surface area (Å²) >= 11 is 0. The van der Waals surface area contributed by atoms with Gasteiger partial charge in [-0.3, -0.25) is 0 Å². The first kappa shape index (κ1) is 10.6. The quantitative estimate of drug-likeness (QED) is 0.532. The Balaban J connectivity index is 3.04. The number of rotatable bonds is 1. The molecule has 0 unspecified atom stereocenters. The van der Waals surface area contributed by atoms with Gasteiger partial charge in [-0.2, -0.15) is 13.8 Å². The molecule has 0 saturated carbocycles. The maximum absolute atomic E-state index is 12.4. The summed E-state index contributed by atoms with van der Waals surface area (Å²) in [7, 11) is 0. The van der Waals surface area contributed by atoms with Crippen LogP contribution in [0.25, 0.3) is 0 Å². The lowest BCUT2D eigenvalue weighted by Gasteiger charge is -2.08.